The van der Waals surface area contributed by atoms with Crippen LogP contribution in [0.3, 0.4) is 0 Å². The third kappa shape index (κ3) is 5.66. The molecule has 1 fully saturated rings. The molecule has 10 nitrogen and oxygen atoms in total. The molecule has 172 valence electrons. The molecule has 2 aromatic heterocycles. The summed E-state index contributed by atoms with van der Waals surface area (Å²) < 4.78 is 10.3. The highest BCUT2D eigenvalue weighted by molar-refractivity contribution is 6.04. The van der Waals surface area contributed by atoms with E-state index in [1.54, 1.807) is 60.6 Å². The van der Waals surface area contributed by atoms with Gasteiger partial charge < -0.3 is 24.5 Å². The van der Waals surface area contributed by atoms with Crippen molar-refractivity contribution in [1.82, 2.24) is 20.3 Å². The van der Waals surface area contributed by atoms with Crippen molar-refractivity contribution >= 4 is 23.4 Å². The van der Waals surface area contributed by atoms with Gasteiger partial charge in [0, 0.05) is 32.2 Å². The largest absolute Gasteiger partial charge is 0.467 e. The highest BCUT2D eigenvalue weighted by Crippen LogP contribution is 2.16. The summed E-state index contributed by atoms with van der Waals surface area (Å²) in [7, 11) is 0. The molecule has 1 aliphatic rings. The molecule has 1 saturated heterocycles. The molecule has 1 aromatic carbocycles. The summed E-state index contributed by atoms with van der Waals surface area (Å²) in [4.78, 5) is 41.3. The monoisotopic (exact) mass is 451 g/mol. The number of piperazine rings is 1. The molecule has 0 atom stereocenters. The molecular formula is C23H25N5O5. The fourth-order valence-corrected chi connectivity index (χ4v) is 3.59. The molecule has 0 aliphatic carbocycles. The molecule has 0 saturated carbocycles. The average Bonchev–Trinajstić information content (AvgIpc) is 3.49. The van der Waals surface area contributed by atoms with Crippen molar-refractivity contribution in [2.45, 2.75) is 13.5 Å². The smallest absolute Gasteiger partial charge is 0.292 e. The highest BCUT2D eigenvalue weighted by Gasteiger charge is 2.25. The number of hydrogen-bond acceptors (Lipinski definition) is 7. The predicted octanol–water partition coefficient (Wildman–Crippen LogP) is 1.90. The number of hydrogen-bond donors (Lipinski definition) is 2. The lowest BCUT2D eigenvalue weighted by atomic mass is 10.1. The fraction of sp³-hybridized carbons (Fsp3) is 0.304. The zero-order valence-corrected chi connectivity index (χ0v) is 18.2. The Hall–Kier alpha value is -3.92. The van der Waals surface area contributed by atoms with Gasteiger partial charge >= 0.3 is 0 Å². The van der Waals surface area contributed by atoms with Gasteiger partial charge in [-0.25, -0.2) is 0 Å². The molecule has 0 radical (unpaired) electrons. The zero-order valence-electron chi connectivity index (χ0n) is 18.2. The lowest BCUT2D eigenvalue weighted by molar-refractivity contribution is -0.117. The number of aryl methyl sites for hydroxylation is 1. The maximum atomic E-state index is 12.6. The van der Waals surface area contributed by atoms with Crippen molar-refractivity contribution < 1.29 is 23.3 Å². The van der Waals surface area contributed by atoms with Crippen LogP contribution in [0.25, 0.3) is 0 Å². The van der Waals surface area contributed by atoms with Crippen LogP contribution >= 0.6 is 0 Å². The highest BCUT2D eigenvalue weighted by atomic mass is 16.5. The summed E-state index contributed by atoms with van der Waals surface area (Å²) >= 11 is 0. The van der Waals surface area contributed by atoms with Crippen LogP contribution in [0.5, 0.6) is 0 Å². The van der Waals surface area contributed by atoms with E-state index in [0.717, 1.165) is 0 Å². The van der Waals surface area contributed by atoms with E-state index in [0.29, 0.717) is 48.9 Å². The molecule has 10 heteroatoms. The Morgan fingerprint density at radius 3 is 2.55 bits per heavy atom. The number of furan rings is 1. The minimum Gasteiger partial charge on any atom is -0.467 e. The number of nitrogens with zero attached hydrogens (tertiary/aromatic N) is 3. The van der Waals surface area contributed by atoms with Gasteiger partial charge in [0.1, 0.15) is 5.76 Å². The van der Waals surface area contributed by atoms with Crippen LogP contribution in [0.15, 0.2) is 57.7 Å². The third-order valence-corrected chi connectivity index (χ3v) is 5.31. The summed E-state index contributed by atoms with van der Waals surface area (Å²) in [5.74, 6) is 0.125. The van der Waals surface area contributed by atoms with Crippen LogP contribution in [0.1, 0.15) is 32.4 Å². The van der Waals surface area contributed by atoms with E-state index in [2.05, 4.69) is 15.8 Å². The van der Waals surface area contributed by atoms with Gasteiger partial charge in [-0.15, -0.1) is 0 Å². The zero-order chi connectivity index (χ0) is 23.2. The topological polar surface area (TPSA) is 121 Å². The van der Waals surface area contributed by atoms with E-state index in [1.165, 1.54) is 0 Å². The summed E-state index contributed by atoms with van der Waals surface area (Å²) in [6.45, 7) is 4.25. The Balaban J connectivity index is 1.28. The van der Waals surface area contributed by atoms with Gasteiger partial charge in [-0.05, 0) is 31.2 Å². The number of aromatic nitrogens is 1. The van der Waals surface area contributed by atoms with Crippen LogP contribution in [-0.2, 0) is 11.3 Å². The Bertz CT molecular complexity index is 1120. The second-order valence-electron chi connectivity index (χ2n) is 7.76. The van der Waals surface area contributed by atoms with Gasteiger partial charge in [0.05, 0.1) is 36.3 Å². The van der Waals surface area contributed by atoms with E-state index < -0.39 is 0 Å². The lowest BCUT2D eigenvalue weighted by Gasteiger charge is -2.33. The molecule has 0 bridgehead atoms. The SMILES string of the molecule is Cc1cc(C(=O)N2CCN(CC(=O)Nc3ccccc3C(=O)NCc3ccco3)CC2)on1. The van der Waals surface area contributed by atoms with Crippen molar-refractivity contribution in [2.75, 3.05) is 38.0 Å². The third-order valence-electron chi connectivity index (χ3n) is 5.31. The van der Waals surface area contributed by atoms with Crippen molar-refractivity contribution in [1.29, 1.82) is 0 Å². The van der Waals surface area contributed by atoms with Crippen molar-refractivity contribution in [3.8, 4) is 0 Å². The molecular weight excluding hydrogens is 426 g/mol. The van der Waals surface area contributed by atoms with E-state index in [1.807, 2.05) is 4.90 Å². The van der Waals surface area contributed by atoms with Crippen LogP contribution in [0.4, 0.5) is 5.69 Å². The first-order valence-corrected chi connectivity index (χ1v) is 10.6. The summed E-state index contributed by atoms with van der Waals surface area (Å²) in [6, 6.07) is 12.0. The molecule has 1 aliphatic heterocycles. The van der Waals surface area contributed by atoms with Crippen LogP contribution in [0.2, 0.25) is 0 Å². The normalized spacial score (nSPS) is 14.2. The Kier molecular flexibility index (Phi) is 6.84. The lowest BCUT2D eigenvalue weighted by Crippen LogP contribution is -2.50. The number of amides is 3. The molecule has 3 aromatic rings. The fourth-order valence-electron chi connectivity index (χ4n) is 3.59. The first-order valence-electron chi connectivity index (χ1n) is 10.6. The number of carbonyl (C=O) groups excluding carboxylic acids is 3. The molecule has 3 heterocycles. The molecule has 33 heavy (non-hydrogen) atoms. The first-order chi connectivity index (χ1) is 16.0. The number of nitrogens with one attached hydrogen (secondary N) is 2. The minimum atomic E-state index is -0.308. The molecule has 3 amide bonds. The standard InChI is InChI=1S/C23H25N5O5/c1-16-13-20(33-26-16)23(31)28-10-8-27(9-11-28)15-21(29)25-19-7-3-2-6-18(19)22(30)24-14-17-5-4-12-32-17/h2-7,12-13H,8-11,14-15H2,1H3,(H,24,30)(H,25,29). The van der Waals surface area contributed by atoms with Gasteiger partial charge in [-0.3, -0.25) is 19.3 Å². The Morgan fingerprint density at radius 2 is 1.85 bits per heavy atom. The van der Waals surface area contributed by atoms with Crippen LogP contribution in [0, 0.1) is 6.92 Å². The minimum absolute atomic E-state index is 0.159. The number of benzene rings is 1. The molecule has 2 N–H and O–H groups in total. The average molecular weight is 451 g/mol. The Morgan fingerprint density at radius 1 is 1.06 bits per heavy atom. The maximum absolute atomic E-state index is 12.6. The van der Waals surface area contributed by atoms with E-state index in [-0.39, 0.29) is 36.6 Å². The second-order valence-corrected chi connectivity index (χ2v) is 7.76. The second kappa shape index (κ2) is 10.1. The van der Waals surface area contributed by atoms with Crippen molar-refractivity contribution in [3.05, 3.63) is 71.5 Å². The summed E-state index contributed by atoms with van der Waals surface area (Å²) in [5, 5.41) is 9.36. The van der Waals surface area contributed by atoms with Crippen LogP contribution in [-0.4, -0.2) is 65.4 Å². The van der Waals surface area contributed by atoms with Crippen molar-refractivity contribution in [2.24, 2.45) is 0 Å². The molecule has 4 rings (SSSR count). The maximum Gasteiger partial charge on any atom is 0.292 e. The number of rotatable bonds is 7. The van der Waals surface area contributed by atoms with Crippen molar-refractivity contribution in [3.63, 3.8) is 0 Å². The molecule has 0 unspecified atom stereocenters. The summed E-state index contributed by atoms with van der Waals surface area (Å²) in [5.41, 5.74) is 1.47. The van der Waals surface area contributed by atoms with E-state index >= 15 is 0 Å². The van der Waals surface area contributed by atoms with Crippen LogP contribution < -0.4 is 10.6 Å². The van der Waals surface area contributed by atoms with Gasteiger partial charge in [-0.1, -0.05) is 17.3 Å². The van der Waals surface area contributed by atoms with Gasteiger partial charge in [0.15, 0.2) is 0 Å². The number of anilines is 1. The number of carbonyl (C=O) groups is 3. The van der Waals surface area contributed by atoms with E-state index in [4.69, 9.17) is 8.94 Å². The number of para-hydroxylation sites is 1. The van der Waals surface area contributed by atoms with Gasteiger partial charge in [0.2, 0.25) is 11.7 Å². The van der Waals surface area contributed by atoms with E-state index in [9.17, 15) is 14.4 Å². The predicted molar refractivity (Wildman–Crippen MR) is 119 cm³/mol. The Labute approximate surface area is 190 Å². The quantitative estimate of drug-likeness (QED) is 0.563. The van der Waals surface area contributed by atoms with Gasteiger partial charge in [-0.2, -0.15) is 0 Å². The summed E-state index contributed by atoms with van der Waals surface area (Å²) in [6.07, 6.45) is 1.54. The molecule has 0 spiro atoms. The van der Waals surface area contributed by atoms with Gasteiger partial charge in [0.25, 0.3) is 11.8 Å². The first kappa shape index (κ1) is 22.3.